The summed E-state index contributed by atoms with van der Waals surface area (Å²) in [5.41, 5.74) is 16.0. The summed E-state index contributed by atoms with van der Waals surface area (Å²) < 4.78 is 6.97. The van der Waals surface area contributed by atoms with E-state index in [0.29, 0.717) is 19.4 Å². The second-order valence-corrected chi connectivity index (χ2v) is 4.64. The van der Waals surface area contributed by atoms with Crippen LogP contribution < -0.4 is 0 Å². The minimum atomic E-state index is 0.388. The van der Waals surface area contributed by atoms with E-state index in [1.165, 1.54) is 12.8 Å². The molecular formula is C6H12N6Si2. The Hall–Kier alpha value is -0.946. The highest BCUT2D eigenvalue weighted by molar-refractivity contribution is 6.33. The Balaban J connectivity index is 2.98. The van der Waals surface area contributed by atoms with E-state index in [1.54, 1.807) is 0 Å². The second kappa shape index (κ2) is 12.1. The van der Waals surface area contributed by atoms with Gasteiger partial charge in [0.25, 0.3) is 0 Å². The normalized spacial score (nSPS) is 8.86. The summed E-state index contributed by atoms with van der Waals surface area (Å²) in [7, 11) is 0.776. The van der Waals surface area contributed by atoms with Crippen molar-refractivity contribution < 1.29 is 0 Å². The molecule has 0 heterocycles. The molecule has 0 aliphatic heterocycles. The van der Waals surface area contributed by atoms with Crippen LogP contribution in [0, 0.1) is 0 Å². The first-order valence-corrected chi connectivity index (χ1v) is 6.76. The van der Waals surface area contributed by atoms with Crippen molar-refractivity contribution in [2.45, 2.75) is 37.8 Å². The lowest BCUT2D eigenvalue weighted by Crippen LogP contribution is -1.86. The van der Waals surface area contributed by atoms with Crippen LogP contribution in [0.15, 0.2) is 9.56 Å². The molecule has 4 radical (unpaired) electrons. The van der Waals surface area contributed by atoms with Crippen molar-refractivity contribution in [1.29, 1.82) is 0 Å². The van der Waals surface area contributed by atoms with Crippen LogP contribution in [0.5, 0.6) is 0 Å². The van der Waals surface area contributed by atoms with E-state index in [4.69, 9.17) is 11.1 Å². The van der Waals surface area contributed by atoms with Crippen molar-refractivity contribution in [2.24, 2.45) is 9.56 Å². The molecule has 0 aromatic heterocycles. The fourth-order valence-electron chi connectivity index (χ4n) is 0.925. The summed E-state index contributed by atoms with van der Waals surface area (Å²) >= 11 is 0. The molecule has 0 unspecified atom stereocenters. The Kier molecular flexibility index (Phi) is 11.2. The largest absolute Gasteiger partial charge is 0.151 e. The molecule has 0 aromatic rings. The summed E-state index contributed by atoms with van der Waals surface area (Å²) in [6.45, 7) is 0. The zero-order chi connectivity index (χ0) is 10.5. The van der Waals surface area contributed by atoms with Crippen molar-refractivity contribution in [3.05, 3.63) is 20.9 Å². The zero-order valence-corrected chi connectivity index (χ0v) is 9.93. The molecule has 0 rings (SSSR count). The van der Waals surface area contributed by atoms with Gasteiger partial charge in [-0.3, -0.25) is 0 Å². The van der Waals surface area contributed by atoms with Crippen LogP contribution in [0.2, 0.25) is 12.1 Å². The number of nitrogens with zero attached hydrogens (tertiary/aromatic N) is 6. The van der Waals surface area contributed by atoms with Gasteiger partial charge < -0.3 is 0 Å². The number of hydrogen-bond acceptors (Lipinski definition) is 2. The molecule has 0 aliphatic carbocycles. The summed E-state index contributed by atoms with van der Waals surface area (Å²) in [4.78, 5) is 5.39. The number of rotatable bonds is 9. The Labute approximate surface area is 88.1 Å². The first kappa shape index (κ1) is 13.1. The number of unbranched alkanes of at least 4 members (excludes halogenated alkanes) is 3. The van der Waals surface area contributed by atoms with Crippen molar-refractivity contribution >= 4 is 19.4 Å². The van der Waals surface area contributed by atoms with E-state index in [-0.39, 0.29) is 0 Å². The summed E-state index contributed by atoms with van der Waals surface area (Å²) in [5.74, 6) is 0. The van der Waals surface area contributed by atoms with E-state index in [0.717, 1.165) is 24.9 Å². The Morgan fingerprint density at radius 3 is 1.57 bits per heavy atom. The smallest absolute Gasteiger partial charge is 0.130 e. The van der Waals surface area contributed by atoms with Crippen LogP contribution in [-0.4, -0.2) is 19.4 Å². The Morgan fingerprint density at radius 1 is 0.786 bits per heavy atom. The van der Waals surface area contributed by atoms with Gasteiger partial charge in [0.2, 0.25) is 0 Å². The minimum absolute atomic E-state index is 0.388. The van der Waals surface area contributed by atoms with Crippen LogP contribution in [0.4, 0.5) is 0 Å². The average molecular weight is 224 g/mol. The quantitative estimate of drug-likeness (QED) is 0.189. The third kappa shape index (κ3) is 11.1. The maximum Gasteiger partial charge on any atom is 0.151 e. The molecule has 0 atom stereocenters. The number of hydrogen-bond donors (Lipinski definition) is 0. The van der Waals surface area contributed by atoms with E-state index in [1.807, 2.05) is 0 Å². The van der Waals surface area contributed by atoms with Gasteiger partial charge in [0.1, 0.15) is 0 Å². The van der Waals surface area contributed by atoms with E-state index in [9.17, 15) is 0 Å². The zero-order valence-electron chi connectivity index (χ0n) is 7.93. The molecule has 0 spiro atoms. The first-order valence-electron chi connectivity index (χ1n) is 4.45. The van der Waals surface area contributed by atoms with Crippen LogP contribution in [0.3, 0.4) is 0 Å². The van der Waals surface area contributed by atoms with Crippen molar-refractivity contribution in [3.8, 4) is 0 Å². The van der Waals surface area contributed by atoms with Crippen LogP contribution >= 0.6 is 0 Å². The van der Waals surface area contributed by atoms with E-state index < -0.39 is 0 Å². The van der Waals surface area contributed by atoms with Gasteiger partial charge >= 0.3 is 0 Å². The highest BCUT2D eigenvalue weighted by Gasteiger charge is 1.91. The predicted molar refractivity (Wildman–Crippen MR) is 57.9 cm³/mol. The fourth-order valence-corrected chi connectivity index (χ4v) is 2.07. The SMILES string of the molecule is [N-]=[N+]=N[Si]CCCCCC[Si]N=[N+]=[N-]. The maximum absolute atomic E-state index is 8.02. The van der Waals surface area contributed by atoms with Gasteiger partial charge in [-0.05, 0) is 20.9 Å². The second-order valence-electron chi connectivity index (χ2n) is 2.61. The number of azide groups is 2. The lowest BCUT2D eigenvalue weighted by Gasteiger charge is -1.96. The summed E-state index contributed by atoms with van der Waals surface area (Å²) in [5, 5.41) is 0. The monoisotopic (exact) mass is 224 g/mol. The highest BCUT2D eigenvalue weighted by atomic mass is 28.2. The van der Waals surface area contributed by atoms with E-state index in [2.05, 4.69) is 19.4 Å². The van der Waals surface area contributed by atoms with Crippen molar-refractivity contribution in [3.63, 3.8) is 0 Å². The summed E-state index contributed by atoms with van der Waals surface area (Å²) in [6.07, 6.45) is 4.60. The lowest BCUT2D eigenvalue weighted by molar-refractivity contribution is 0.698. The van der Waals surface area contributed by atoms with Gasteiger partial charge in [-0.15, -0.1) is 9.56 Å². The molecule has 0 aliphatic rings. The molecule has 0 amide bonds. The standard InChI is InChI=1S/C6H12N6Si2/c7-9-11-13-5-3-1-2-4-6-14-12-10-8/h1-6H2. The van der Waals surface area contributed by atoms with Crippen LogP contribution in [-0.2, 0) is 0 Å². The van der Waals surface area contributed by atoms with Gasteiger partial charge in [0.15, 0.2) is 19.4 Å². The average Bonchev–Trinajstić information content (AvgIpc) is 2.21. The third-order valence-electron chi connectivity index (χ3n) is 1.56. The van der Waals surface area contributed by atoms with Gasteiger partial charge in [-0.25, -0.2) is 0 Å². The minimum Gasteiger partial charge on any atom is -0.130 e. The molecule has 0 saturated heterocycles. The first-order chi connectivity index (χ1) is 6.91. The lowest BCUT2D eigenvalue weighted by atomic mass is 10.2. The molecule has 0 aromatic carbocycles. The molecular weight excluding hydrogens is 212 g/mol. The van der Waals surface area contributed by atoms with Crippen LogP contribution in [0.1, 0.15) is 25.7 Å². The summed E-state index contributed by atoms with van der Waals surface area (Å²) in [6, 6.07) is 2.01. The topological polar surface area (TPSA) is 97.5 Å². The Morgan fingerprint density at radius 2 is 1.21 bits per heavy atom. The van der Waals surface area contributed by atoms with Crippen molar-refractivity contribution in [2.75, 3.05) is 0 Å². The van der Waals surface area contributed by atoms with Crippen molar-refractivity contribution in [1.82, 2.24) is 0 Å². The molecule has 6 nitrogen and oxygen atoms in total. The van der Waals surface area contributed by atoms with Gasteiger partial charge in [0, 0.05) is 0 Å². The highest BCUT2D eigenvalue weighted by Crippen LogP contribution is 2.05. The van der Waals surface area contributed by atoms with Gasteiger partial charge in [-0.1, -0.05) is 37.8 Å². The molecule has 74 valence electrons. The van der Waals surface area contributed by atoms with Gasteiger partial charge in [0.05, 0.1) is 0 Å². The maximum atomic E-state index is 8.02. The molecule has 8 heteroatoms. The molecule has 0 N–H and O–H groups in total. The molecule has 0 saturated carbocycles. The molecule has 0 fully saturated rings. The molecule has 0 bridgehead atoms. The van der Waals surface area contributed by atoms with Gasteiger partial charge in [-0.2, -0.15) is 0 Å². The Bertz CT molecular complexity index is 196. The predicted octanol–water partition coefficient (Wildman–Crippen LogP) is 3.24. The van der Waals surface area contributed by atoms with E-state index >= 15 is 0 Å². The molecule has 14 heavy (non-hydrogen) atoms. The fraction of sp³-hybridized carbons (Fsp3) is 1.00. The third-order valence-corrected chi connectivity index (χ3v) is 3.17. The van der Waals surface area contributed by atoms with Crippen LogP contribution in [0.25, 0.3) is 20.9 Å².